The average Bonchev–Trinajstić information content (AvgIpc) is 2.71. The zero-order chi connectivity index (χ0) is 14.3. The predicted molar refractivity (Wildman–Crippen MR) is 74.4 cm³/mol. The van der Waals surface area contributed by atoms with Crippen molar-refractivity contribution >= 4 is 10.0 Å². The second-order valence-electron chi connectivity index (χ2n) is 5.81. The van der Waals surface area contributed by atoms with E-state index < -0.39 is 15.8 Å². The van der Waals surface area contributed by atoms with Gasteiger partial charge >= 0.3 is 0 Å². The Morgan fingerprint density at radius 1 is 1.25 bits per heavy atom. The van der Waals surface area contributed by atoms with Crippen molar-refractivity contribution in [3.63, 3.8) is 0 Å². The van der Waals surface area contributed by atoms with Crippen LogP contribution in [0.4, 0.5) is 4.39 Å². The maximum atomic E-state index is 14.0. The number of aryl methyl sites for hydroxylation is 1. The summed E-state index contributed by atoms with van der Waals surface area (Å²) in [6, 6.07) is 5.14. The lowest BCUT2D eigenvalue weighted by molar-refractivity contribution is 0.345. The molecule has 0 saturated carbocycles. The van der Waals surface area contributed by atoms with Crippen LogP contribution in [0.1, 0.15) is 31.2 Å². The van der Waals surface area contributed by atoms with Crippen LogP contribution in [0.15, 0.2) is 23.1 Å². The molecule has 1 aromatic rings. The minimum absolute atomic E-state index is 0.0985. The minimum Gasteiger partial charge on any atom is -0.311 e. The van der Waals surface area contributed by atoms with Crippen molar-refractivity contribution in [2.24, 2.45) is 0 Å². The number of halogens is 1. The van der Waals surface area contributed by atoms with Gasteiger partial charge in [-0.1, -0.05) is 12.1 Å². The van der Waals surface area contributed by atoms with E-state index in [1.165, 1.54) is 6.07 Å². The maximum absolute atomic E-state index is 14.0. The molecule has 2 saturated heterocycles. The summed E-state index contributed by atoms with van der Waals surface area (Å²) >= 11 is 0. The molecule has 2 heterocycles. The first-order chi connectivity index (χ1) is 9.45. The highest BCUT2D eigenvalue weighted by Gasteiger charge is 2.35. The lowest BCUT2D eigenvalue weighted by Gasteiger charge is -2.29. The third-order valence-corrected chi connectivity index (χ3v) is 5.78. The topological polar surface area (TPSA) is 58.2 Å². The normalized spacial score (nSPS) is 29.6. The lowest BCUT2D eigenvalue weighted by Crippen LogP contribution is -2.48. The van der Waals surface area contributed by atoms with Crippen molar-refractivity contribution in [3.8, 4) is 0 Å². The van der Waals surface area contributed by atoms with Crippen LogP contribution in [0.25, 0.3) is 0 Å². The first kappa shape index (κ1) is 14.0. The summed E-state index contributed by atoms with van der Waals surface area (Å²) in [5, 5.41) is 3.46. The van der Waals surface area contributed by atoms with Crippen LogP contribution in [-0.2, 0) is 10.0 Å². The van der Waals surface area contributed by atoms with E-state index in [0.29, 0.717) is 17.6 Å². The fourth-order valence-electron chi connectivity index (χ4n) is 3.26. The Morgan fingerprint density at radius 3 is 2.55 bits per heavy atom. The van der Waals surface area contributed by atoms with Crippen LogP contribution in [0.2, 0.25) is 0 Å². The quantitative estimate of drug-likeness (QED) is 0.893. The molecule has 1 aromatic carbocycles. The molecule has 2 bridgehead atoms. The Hall–Kier alpha value is -0.980. The molecule has 110 valence electrons. The second kappa shape index (κ2) is 5.09. The van der Waals surface area contributed by atoms with Gasteiger partial charge in [0.05, 0.1) is 0 Å². The standard InChI is InChI=1S/C14H19FN2O2S/c1-9-3-2-4-13(14(9)15)20(18,19)17-12-7-10-5-6-11(8-12)16-10/h2-4,10-12,16-17H,5-8H2,1H3. The Kier molecular flexibility index (Phi) is 3.56. The number of hydrogen-bond donors (Lipinski definition) is 2. The molecule has 2 fully saturated rings. The van der Waals surface area contributed by atoms with Gasteiger partial charge < -0.3 is 5.32 Å². The van der Waals surface area contributed by atoms with E-state index in [4.69, 9.17) is 0 Å². The molecule has 4 nitrogen and oxygen atoms in total. The van der Waals surface area contributed by atoms with Crippen molar-refractivity contribution in [1.29, 1.82) is 0 Å². The molecule has 6 heteroatoms. The highest BCUT2D eigenvalue weighted by molar-refractivity contribution is 7.89. The van der Waals surface area contributed by atoms with Crippen LogP contribution in [0.3, 0.4) is 0 Å². The van der Waals surface area contributed by atoms with Crippen molar-refractivity contribution in [2.45, 2.75) is 55.6 Å². The number of rotatable bonds is 3. The molecule has 2 aliphatic heterocycles. The fraction of sp³-hybridized carbons (Fsp3) is 0.571. The number of nitrogens with one attached hydrogen (secondary N) is 2. The van der Waals surface area contributed by atoms with Gasteiger partial charge in [0, 0.05) is 18.1 Å². The van der Waals surface area contributed by atoms with Gasteiger partial charge in [-0.25, -0.2) is 17.5 Å². The lowest BCUT2D eigenvalue weighted by atomic mass is 10.0. The van der Waals surface area contributed by atoms with E-state index in [1.807, 2.05) is 0 Å². The van der Waals surface area contributed by atoms with Gasteiger partial charge in [0.25, 0.3) is 0 Å². The summed E-state index contributed by atoms with van der Waals surface area (Å²) in [4.78, 5) is -0.247. The van der Waals surface area contributed by atoms with E-state index >= 15 is 0 Å². The molecule has 2 N–H and O–H groups in total. The zero-order valence-electron chi connectivity index (χ0n) is 11.4. The fourth-order valence-corrected chi connectivity index (χ4v) is 4.68. The third kappa shape index (κ3) is 2.60. The van der Waals surface area contributed by atoms with Crippen molar-refractivity contribution in [2.75, 3.05) is 0 Å². The number of piperidine rings is 1. The highest BCUT2D eigenvalue weighted by Crippen LogP contribution is 2.28. The van der Waals surface area contributed by atoms with Gasteiger partial charge in [0.1, 0.15) is 10.7 Å². The van der Waals surface area contributed by atoms with Gasteiger partial charge in [-0.05, 0) is 44.2 Å². The van der Waals surface area contributed by atoms with E-state index in [-0.39, 0.29) is 10.9 Å². The summed E-state index contributed by atoms with van der Waals surface area (Å²) in [5.41, 5.74) is 0.346. The summed E-state index contributed by atoms with van der Waals surface area (Å²) < 4.78 is 41.3. The molecule has 0 spiro atoms. The van der Waals surface area contributed by atoms with Crippen LogP contribution in [0, 0.1) is 12.7 Å². The Balaban J connectivity index is 1.80. The van der Waals surface area contributed by atoms with Gasteiger partial charge in [-0.2, -0.15) is 0 Å². The van der Waals surface area contributed by atoms with Crippen LogP contribution < -0.4 is 10.0 Å². The van der Waals surface area contributed by atoms with Gasteiger partial charge in [0.2, 0.25) is 10.0 Å². The molecule has 0 amide bonds. The van der Waals surface area contributed by atoms with Crippen molar-refractivity contribution < 1.29 is 12.8 Å². The SMILES string of the molecule is Cc1cccc(S(=O)(=O)NC2CC3CCC(C2)N3)c1F. The Labute approximate surface area is 118 Å². The third-order valence-electron chi connectivity index (χ3n) is 4.24. The molecule has 0 radical (unpaired) electrons. The van der Waals surface area contributed by atoms with E-state index in [9.17, 15) is 12.8 Å². The summed E-state index contributed by atoms with van der Waals surface area (Å²) in [6.07, 6.45) is 3.76. The molecule has 0 aromatic heterocycles. The van der Waals surface area contributed by atoms with Gasteiger partial charge in [0.15, 0.2) is 0 Å². The van der Waals surface area contributed by atoms with Crippen LogP contribution in [-0.4, -0.2) is 26.5 Å². The van der Waals surface area contributed by atoms with Crippen molar-refractivity contribution in [1.82, 2.24) is 10.0 Å². The molecule has 0 aliphatic carbocycles. The highest BCUT2D eigenvalue weighted by atomic mass is 32.2. The van der Waals surface area contributed by atoms with Gasteiger partial charge in [-0.15, -0.1) is 0 Å². The summed E-state index contributed by atoms with van der Waals surface area (Å²) in [5.74, 6) is -0.656. The monoisotopic (exact) mass is 298 g/mol. The predicted octanol–water partition coefficient (Wildman–Crippen LogP) is 1.70. The Bertz CT molecular complexity index is 606. The number of sulfonamides is 1. The van der Waals surface area contributed by atoms with E-state index in [0.717, 1.165) is 25.7 Å². The minimum atomic E-state index is -3.78. The van der Waals surface area contributed by atoms with E-state index in [1.54, 1.807) is 19.1 Å². The van der Waals surface area contributed by atoms with Crippen molar-refractivity contribution in [3.05, 3.63) is 29.6 Å². The largest absolute Gasteiger partial charge is 0.311 e. The Morgan fingerprint density at radius 2 is 1.90 bits per heavy atom. The van der Waals surface area contributed by atoms with Crippen LogP contribution >= 0.6 is 0 Å². The molecule has 2 aliphatic rings. The van der Waals surface area contributed by atoms with Gasteiger partial charge in [-0.3, -0.25) is 0 Å². The zero-order valence-corrected chi connectivity index (χ0v) is 12.2. The van der Waals surface area contributed by atoms with Crippen LogP contribution in [0.5, 0.6) is 0 Å². The molecular formula is C14H19FN2O2S. The van der Waals surface area contributed by atoms with E-state index in [2.05, 4.69) is 10.0 Å². The first-order valence-electron chi connectivity index (χ1n) is 6.99. The molecule has 2 unspecified atom stereocenters. The first-order valence-corrected chi connectivity index (χ1v) is 8.47. The second-order valence-corrected chi connectivity index (χ2v) is 7.50. The molecular weight excluding hydrogens is 279 g/mol. The number of hydrogen-bond acceptors (Lipinski definition) is 3. The average molecular weight is 298 g/mol. The number of fused-ring (bicyclic) bond motifs is 2. The maximum Gasteiger partial charge on any atom is 0.243 e. The summed E-state index contributed by atoms with van der Waals surface area (Å²) in [7, 11) is -3.78. The summed E-state index contributed by atoms with van der Waals surface area (Å²) in [6.45, 7) is 1.57. The molecule has 2 atom stereocenters. The number of benzene rings is 1. The molecule has 20 heavy (non-hydrogen) atoms. The molecule has 3 rings (SSSR count). The smallest absolute Gasteiger partial charge is 0.243 e.